The minimum absolute atomic E-state index is 0.0231. The summed E-state index contributed by atoms with van der Waals surface area (Å²) < 4.78 is 13.1. The summed E-state index contributed by atoms with van der Waals surface area (Å²) in [4.78, 5) is 47.7. The van der Waals surface area contributed by atoms with Crippen LogP contribution in [0.25, 0.3) is 6.08 Å². The summed E-state index contributed by atoms with van der Waals surface area (Å²) in [6.07, 6.45) is 9.18. The van der Waals surface area contributed by atoms with Gasteiger partial charge in [0.1, 0.15) is 6.04 Å². The minimum atomic E-state index is -0.899. The van der Waals surface area contributed by atoms with Gasteiger partial charge in [0.25, 0.3) is 5.96 Å². The molecule has 1 aliphatic heterocycles. The summed E-state index contributed by atoms with van der Waals surface area (Å²) in [7, 11) is -0.601. The molecule has 2 amide bonds. The Kier molecular flexibility index (Phi) is 9.61. The topological polar surface area (TPSA) is 199 Å². The number of hydrogen-bond acceptors (Lipinski definition) is 8. The fourth-order valence-corrected chi connectivity index (χ4v) is 6.74. The summed E-state index contributed by atoms with van der Waals surface area (Å²) >= 11 is 0. The third-order valence-electron chi connectivity index (χ3n) is 9.06. The molecule has 2 bridgehead atoms. The van der Waals surface area contributed by atoms with E-state index in [2.05, 4.69) is 60.2 Å². The van der Waals surface area contributed by atoms with Crippen molar-refractivity contribution in [1.29, 1.82) is 0 Å². The molecule has 0 aromatic carbocycles. The minimum Gasteiger partial charge on any atom is -0.404 e. The van der Waals surface area contributed by atoms with Gasteiger partial charge in [-0.1, -0.05) is 33.1 Å². The predicted octanol–water partition coefficient (Wildman–Crippen LogP) is 1.58. The van der Waals surface area contributed by atoms with Gasteiger partial charge >= 0.3 is 7.12 Å². The highest BCUT2D eigenvalue weighted by Crippen LogP contribution is 2.65. The Bertz CT molecular complexity index is 1190. The molecule has 5 rings (SSSR count). The highest BCUT2D eigenvalue weighted by Gasteiger charge is 2.68. The third kappa shape index (κ3) is 7.12. The van der Waals surface area contributed by atoms with Crippen LogP contribution in [0.15, 0.2) is 23.6 Å². The zero-order valence-corrected chi connectivity index (χ0v) is 25.0. The lowest BCUT2D eigenvalue weighted by atomic mass is 9.43. The zero-order chi connectivity index (χ0) is 30.7. The maximum absolute atomic E-state index is 13.7. The van der Waals surface area contributed by atoms with E-state index in [1.807, 2.05) is 0 Å². The van der Waals surface area contributed by atoms with Crippen molar-refractivity contribution in [3.8, 4) is 0 Å². The van der Waals surface area contributed by atoms with Gasteiger partial charge in [-0.25, -0.2) is 20.1 Å². The maximum atomic E-state index is 13.7. The number of hydrogen-bond donors (Lipinski definition) is 5. The molecular formula is C27H43BN8O6. The van der Waals surface area contributed by atoms with Gasteiger partial charge in [-0.3, -0.25) is 9.59 Å². The zero-order valence-electron chi connectivity index (χ0n) is 25.0. The number of carbonyl (C=O) groups excluding carboxylic acids is 2. The normalized spacial score (nSPS) is 27.7. The van der Waals surface area contributed by atoms with E-state index < -0.39 is 35.6 Å². The van der Waals surface area contributed by atoms with Crippen molar-refractivity contribution in [3.05, 3.63) is 34.4 Å². The van der Waals surface area contributed by atoms with E-state index in [9.17, 15) is 19.7 Å². The van der Waals surface area contributed by atoms with Crippen molar-refractivity contribution in [2.24, 2.45) is 33.9 Å². The van der Waals surface area contributed by atoms with Crippen molar-refractivity contribution >= 4 is 31.0 Å². The second kappa shape index (κ2) is 12.8. The van der Waals surface area contributed by atoms with E-state index in [4.69, 9.17) is 15.0 Å². The number of hydrazine groups is 1. The van der Waals surface area contributed by atoms with Crippen molar-refractivity contribution in [1.82, 2.24) is 26.0 Å². The maximum Gasteiger partial charge on any atom is 0.481 e. The number of nitrogens with zero attached hydrogens (tertiary/aromatic N) is 3. The number of nitrogens with one attached hydrogen (secondary N) is 4. The molecule has 3 saturated carbocycles. The SMILES string of the molecule is CC(C)C[C@H](NC(=O)[C@H](CCCN=C(N)N[N+](=O)[O-])NC(=O)/C=C/c1cnc[nH]1)B1O[C@@H]2C[C@@H]3C[C@@H](C3(C)C)[C@]2(C)O1. The monoisotopic (exact) mass is 586 g/mol. The highest BCUT2D eigenvalue weighted by molar-refractivity contribution is 6.48. The average molecular weight is 587 g/mol. The molecule has 6 atom stereocenters. The summed E-state index contributed by atoms with van der Waals surface area (Å²) in [5.74, 6) is -0.347. The number of rotatable bonds is 13. The molecule has 3 aliphatic carbocycles. The van der Waals surface area contributed by atoms with E-state index >= 15 is 0 Å². The molecule has 0 unspecified atom stereocenters. The highest BCUT2D eigenvalue weighted by atomic mass is 16.7. The van der Waals surface area contributed by atoms with Gasteiger partial charge in [0.15, 0.2) is 5.03 Å². The Morgan fingerprint density at radius 2 is 2.10 bits per heavy atom. The Labute approximate surface area is 246 Å². The fraction of sp³-hybridized carbons (Fsp3) is 0.704. The van der Waals surface area contributed by atoms with Crippen LogP contribution in [0, 0.1) is 33.3 Å². The van der Waals surface area contributed by atoms with Gasteiger partial charge in [0.05, 0.1) is 35.9 Å². The second-order valence-corrected chi connectivity index (χ2v) is 12.8. The van der Waals surface area contributed by atoms with E-state index in [1.165, 1.54) is 12.4 Å². The van der Waals surface area contributed by atoms with Crippen LogP contribution < -0.4 is 21.8 Å². The largest absolute Gasteiger partial charge is 0.481 e. The Balaban J connectivity index is 1.44. The second-order valence-electron chi connectivity index (χ2n) is 12.8. The molecule has 2 heterocycles. The number of guanidine groups is 1. The van der Waals surface area contributed by atoms with E-state index in [0.29, 0.717) is 30.4 Å². The molecule has 0 radical (unpaired) electrons. The third-order valence-corrected chi connectivity index (χ3v) is 9.06. The van der Waals surface area contributed by atoms with Gasteiger partial charge in [-0.2, -0.15) is 0 Å². The number of aromatic nitrogens is 2. The number of carbonyl (C=O) groups is 2. The lowest BCUT2D eigenvalue weighted by Crippen LogP contribution is -2.65. The molecule has 230 valence electrons. The van der Waals surface area contributed by atoms with E-state index in [0.717, 1.165) is 12.8 Å². The van der Waals surface area contributed by atoms with Crippen LogP contribution in [0.2, 0.25) is 0 Å². The number of nitrogens with two attached hydrogens (primary N) is 1. The molecule has 0 spiro atoms. The van der Waals surface area contributed by atoms with Crippen LogP contribution in [0.1, 0.15) is 72.4 Å². The molecule has 14 nitrogen and oxygen atoms in total. The van der Waals surface area contributed by atoms with Gasteiger partial charge < -0.3 is 30.7 Å². The number of H-pyrrole nitrogens is 1. The summed E-state index contributed by atoms with van der Waals surface area (Å²) in [6, 6.07) is -0.899. The molecule has 42 heavy (non-hydrogen) atoms. The standard InChI is InChI=1S/C27H43BN8O6/c1-16(2)11-22(28-41-21-13-17-12-20(26(17,3)4)27(21,5)42-28)34-24(38)19(7-6-10-31-25(29)35-36(39)40)33-23(37)9-8-18-14-30-15-32-18/h8-9,14-17,19-22H,6-7,10-13H2,1-5H3,(H,30,32)(H,33,37)(H,34,38)(H3,29,31,35)/b9-8+/t17-,19-,20-,21+,22-,27-/m0/s1. The number of aliphatic imine (C=N–C) groups is 1. The van der Waals surface area contributed by atoms with Crippen LogP contribution >= 0.6 is 0 Å². The predicted molar refractivity (Wildman–Crippen MR) is 157 cm³/mol. The molecule has 1 saturated heterocycles. The number of nitro groups is 1. The summed E-state index contributed by atoms with van der Waals surface area (Å²) in [6.45, 7) is 11.0. The Morgan fingerprint density at radius 1 is 1.33 bits per heavy atom. The van der Waals surface area contributed by atoms with E-state index in [-0.39, 0.29) is 42.3 Å². The first-order valence-corrected chi connectivity index (χ1v) is 14.6. The quantitative estimate of drug-likeness (QED) is 0.0433. The number of aromatic amines is 1. The number of imidazole rings is 1. The smallest absolute Gasteiger partial charge is 0.404 e. The molecule has 6 N–H and O–H groups in total. The lowest BCUT2D eigenvalue weighted by Gasteiger charge is -2.64. The molecule has 4 aliphatic rings. The first-order valence-electron chi connectivity index (χ1n) is 14.6. The molecule has 15 heteroatoms. The van der Waals surface area contributed by atoms with Crippen molar-refractivity contribution in [2.75, 3.05) is 6.54 Å². The van der Waals surface area contributed by atoms with Crippen LogP contribution in [-0.2, 0) is 18.9 Å². The molecule has 1 aromatic rings. The number of amides is 2. The van der Waals surface area contributed by atoms with Crippen LogP contribution in [0.3, 0.4) is 0 Å². The average Bonchev–Trinajstić information content (AvgIpc) is 3.55. The Morgan fingerprint density at radius 3 is 2.74 bits per heavy atom. The van der Waals surface area contributed by atoms with Crippen LogP contribution in [0.5, 0.6) is 0 Å². The Hall–Kier alpha value is -3.46. The molecule has 1 aromatic heterocycles. The van der Waals surface area contributed by atoms with Crippen molar-refractivity contribution in [3.63, 3.8) is 0 Å². The lowest BCUT2D eigenvalue weighted by molar-refractivity contribution is -0.525. The van der Waals surface area contributed by atoms with E-state index in [1.54, 1.807) is 17.7 Å². The molecule has 4 fully saturated rings. The van der Waals surface area contributed by atoms with Gasteiger partial charge in [0, 0.05) is 12.6 Å². The first kappa shape index (κ1) is 31.5. The molecular weight excluding hydrogens is 543 g/mol. The summed E-state index contributed by atoms with van der Waals surface area (Å²) in [5.41, 5.74) is 7.69. The van der Waals surface area contributed by atoms with Gasteiger partial charge in [0.2, 0.25) is 11.8 Å². The van der Waals surface area contributed by atoms with Crippen molar-refractivity contribution in [2.45, 2.75) is 90.4 Å². The fourth-order valence-electron chi connectivity index (χ4n) is 6.74. The van der Waals surface area contributed by atoms with Crippen LogP contribution in [-0.4, -0.2) is 70.1 Å². The first-order chi connectivity index (χ1) is 19.8. The van der Waals surface area contributed by atoms with Crippen molar-refractivity contribution < 1.29 is 23.9 Å². The van der Waals surface area contributed by atoms with Gasteiger partial charge in [-0.05, 0) is 68.3 Å². The van der Waals surface area contributed by atoms with Gasteiger partial charge in [-0.15, -0.1) is 0 Å². The van der Waals surface area contributed by atoms with Crippen LogP contribution in [0.4, 0.5) is 0 Å². The summed E-state index contributed by atoms with van der Waals surface area (Å²) in [5, 5.41) is 15.6.